The Morgan fingerprint density at radius 3 is 1.08 bits per heavy atom. The molecular formula is C54H92O6. The summed E-state index contributed by atoms with van der Waals surface area (Å²) in [5.74, 6) is -0.916. The van der Waals surface area contributed by atoms with E-state index in [0.29, 0.717) is 19.3 Å². The van der Waals surface area contributed by atoms with Crippen molar-refractivity contribution in [3.05, 3.63) is 72.9 Å². The fourth-order valence-corrected chi connectivity index (χ4v) is 6.71. The van der Waals surface area contributed by atoms with Crippen molar-refractivity contribution in [2.75, 3.05) is 13.2 Å². The van der Waals surface area contributed by atoms with E-state index in [9.17, 15) is 14.4 Å². The van der Waals surface area contributed by atoms with Crippen molar-refractivity contribution in [1.82, 2.24) is 0 Å². The van der Waals surface area contributed by atoms with Crippen LogP contribution in [0.25, 0.3) is 0 Å². The van der Waals surface area contributed by atoms with Gasteiger partial charge in [-0.15, -0.1) is 0 Å². The lowest BCUT2D eigenvalue weighted by molar-refractivity contribution is -0.167. The summed E-state index contributed by atoms with van der Waals surface area (Å²) in [4.78, 5) is 37.9. The molecule has 0 spiro atoms. The summed E-state index contributed by atoms with van der Waals surface area (Å²) < 4.78 is 16.7. The summed E-state index contributed by atoms with van der Waals surface area (Å²) in [6.45, 7) is 6.42. The zero-order valence-electron chi connectivity index (χ0n) is 39.2. The predicted octanol–water partition coefficient (Wildman–Crippen LogP) is 16.3. The first-order valence-electron chi connectivity index (χ1n) is 24.9. The highest BCUT2D eigenvalue weighted by Crippen LogP contribution is 2.14. The predicted molar refractivity (Wildman–Crippen MR) is 256 cm³/mol. The van der Waals surface area contributed by atoms with Crippen LogP contribution in [-0.4, -0.2) is 37.2 Å². The van der Waals surface area contributed by atoms with Gasteiger partial charge in [0.1, 0.15) is 13.2 Å². The molecule has 0 aromatic rings. The van der Waals surface area contributed by atoms with Crippen molar-refractivity contribution in [3.63, 3.8) is 0 Å². The lowest BCUT2D eigenvalue weighted by Gasteiger charge is -2.18. The van der Waals surface area contributed by atoms with Gasteiger partial charge in [-0.05, 0) is 83.5 Å². The third-order valence-electron chi connectivity index (χ3n) is 10.4. The molecule has 0 aromatic heterocycles. The van der Waals surface area contributed by atoms with Crippen molar-refractivity contribution in [1.29, 1.82) is 0 Å². The van der Waals surface area contributed by atoms with E-state index in [0.717, 1.165) is 122 Å². The summed E-state index contributed by atoms with van der Waals surface area (Å²) in [7, 11) is 0. The summed E-state index contributed by atoms with van der Waals surface area (Å²) >= 11 is 0. The Labute approximate surface area is 370 Å². The first-order valence-corrected chi connectivity index (χ1v) is 24.9. The van der Waals surface area contributed by atoms with Gasteiger partial charge in [0.2, 0.25) is 0 Å². The molecule has 0 heterocycles. The summed E-state index contributed by atoms with van der Waals surface area (Å²) in [6, 6.07) is 0. The fraction of sp³-hybridized carbons (Fsp3) is 0.722. The summed E-state index contributed by atoms with van der Waals surface area (Å²) in [5.41, 5.74) is 0. The third-order valence-corrected chi connectivity index (χ3v) is 10.4. The van der Waals surface area contributed by atoms with Crippen LogP contribution < -0.4 is 0 Å². The average molecular weight is 837 g/mol. The van der Waals surface area contributed by atoms with Crippen molar-refractivity contribution in [2.24, 2.45) is 0 Å². The van der Waals surface area contributed by atoms with E-state index in [1.807, 2.05) is 0 Å². The van der Waals surface area contributed by atoms with Gasteiger partial charge in [-0.3, -0.25) is 14.4 Å². The second kappa shape index (κ2) is 48.5. The first kappa shape index (κ1) is 56.9. The molecule has 0 saturated heterocycles. The normalized spacial score (nSPS) is 12.7. The van der Waals surface area contributed by atoms with Crippen LogP contribution >= 0.6 is 0 Å². The summed E-state index contributed by atoms with van der Waals surface area (Å²) in [6.07, 6.45) is 60.2. The monoisotopic (exact) mass is 837 g/mol. The molecule has 344 valence electrons. The highest BCUT2D eigenvalue weighted by atomic mass is 16.6. The second-order valence-corrected chi connectivity index (χ2v) is 16.3. The van der Waals surface area contributed by atoms with Crippen LogP contribution in [-0.2, 0) is 28.6 Å². The minimum Gasteiger partial charge on any atom is -0.462 e. The number of hydrogen-bond acceptors (Lipinski definition) is 6. The molecule has 1 unspecified atom stereocenters. The lowest BCUT2D eigenvalue weighted by atomic mass is 10.1. The van der Waals surface area contributed by atoms with Crippen molar-refractivity contribution < 1.29 is 28.6 Å². The van der Waals surface area contributed by atoms with E-state index in [-0.39, 0.29) is 31.1 Å². The van der Waals surface area contributed by atoms with Crippen LogP contribution in [0.5, 0.6) is 0 Å². The summed E-state index contributed by atoms with van der Waals surface area (Å²) in [5, 5.41) is 0. The highest BCUT2D eigenvalue weighted by molar-refractivity contribution is 5.71. The van der Waals surface area contributed by atoms with Crippen molar-refractivity contribution in [3.8, 4) is 0 Å². The van der Waals surface area contributed by atoms with Gasteiger partial charge in [0.15, 0.2) is 6.10 Å². The van der Waals surface area contributed by atoms with Crippen molar-refractivity contribution in [2.45, 2.75) is 239 Å². The van der Waals surface area contributed by atoms with E-state index >= 15 is 0 Å². The first-order chi connectivity index (χ1) is 29.5. The molecule has 0 bridgehead atoms. The van der Waals surface area contributed by atoms with Gasteiger partial charge in [0, 0.05) is 19.3 Å². The molecule has 0 aromatic carbocycles. The number of carbonyl (C=O) groups is 3. The topological polar surface area (TPSA) is 78.9 Å². The maximum atomic E-state index is 12.7. The molecule has 0 N–H and O–H groups in total. The molecule has 0 rings (SSSR count). The van der Waals surface area contributed by atoms with Crippen LogP contribution in [0.2, 0.25) is 0 Å². The second-order valence-electron chi connectivity index (χ2n) is 16.3. The molecule has 0 saturated carbocycles. The zero-order chi connectivity index (χ0) is 43.7. The number of unbranched alkanes of at least 4 members (excludes halogenated alkanes) is 21. The van der Waals surface area contributed by atoms with Crippen LogP contribution in [0, 0.1) is 0 Å². The van der Waals surface area contributed by atoms with Gasteiger partial charge in [0.25, 0.3) is 0 Å². The Morgan fingerprint density at radius 2 is 0.683 bits per heavy atom. The van der Waals surface area contributed by atoms with Crippen LogP contribution in [0.15, 0.2) is 72.9 Å². The van der Waals surface area contributed by atoms with E-state index in [4.69, 9.17) is 14.2 Å². The molecule has 0 aliphatic carbocycles. The van der Waals surface area contributed by atoms with Crippen LogP contribution in [0.3, 0.4) is 0 Å². The van der Waals surface area contributed by atoms with Crippen LogP contribution in [0.1, 0.15) is 233 Å². The smallest absolute Gasteiger partial charge is 0.306 e. The molecule has 6 heteroatoms. The Morgan fingerprint density at radius 1 is 0.350 bits per heavy atom. The Kier molecular flexibility index (Phi) is 46.0. The standard InChI is InChI=1S/C54H92O6/c1-4-7-10-13-16-19-22-24-25-26-27-28-29-31-32-35-38-41-44-47-53(56)59-50-51(49-58-52(55)46-43-40-37-34-21-18-15-12-9-6-3)60-54(57)48-45-42-39-36-33-30-23-20-17-14-11-8-5-2/h7,10-11,14,16,19-20,23-25,27-28,51H,4-6,8-9,12-13,15,17-18,21-22,26,29-50H2,1-3H3/b10-7-,14-11-,19-16-,23-20-,25-24-,28-27-. The largest absolute Gasteiger partial charge is 0.462 e. The minimum atomic E-state index is -0.785. The number of esters is 3. The molecule has 6 nitrogen and oxygen atoms in total. The molecule has 0 radical (unpaired) electrons. The number of hydrogen-bond donors (Lipinski definition) is 0. The third kappa shape index (κ3) is 45.9. The van der Waals surface area contributed by atoms with Gasteiger partial charge < -0.3 is 14.2 Å². The van der Waals surface area contributed by atoms with Gasteiger partial charge in [-0.2, -0.15) is 0 Å². The minimum absolute atomic E-state index is 0.0849. The van der Waals surface area contributed by atoms with E-state index < -0.39 is 6.10 Å². The number of carbonyl (C=O) groups excluding carboxylic acids is 3. The Bertz CT molecular complexity index is 1140. The Hall–Kier alpha value is -3.15. The zero-order valence-corrected chi connectivity index (χ0v) is 39.2. The van der Waals surface area contributed by atoms with Gasteiger partial charge in [0.05, 0.1) is 0 Å². The van der Waals surface area contributed by atoms with Gasteiger partial charge in [-0.1, -0.05) is 203 Å². The lowest BCUT2D eigenvalue weighted by Crippen LogP contribution is -2.30. The quantitative estimate of drug-likeness (QED) is 0.0263. The molecule has 0 amide bonds. The Balaban J connectivity index is 4.37. The van der Waals surface area contributed by atoms with E-state index in [1.165, 1.54) is 70.6 Å². The number of rotatable bonds is 44. The fourth-order valence-electron chi connectivity index (χ4n) is 6.71. The highest BCUT2D eigenvalue weighted by Gasteiger charge is 2.19. The van der Waals surface area contributed by atoms with Crippen molar-refractivity contribution >= 4 is 17.9 Å². The molecule has 1 atom stereocenters. The molecular weight excluding hydrogens is 745 g/mol. The van der Waals surface area contributed by atoms with Crippen LogP contribution in [0.4, 0.5) is 0 Å². The molecule has 60 heavy (non-hydrogen) atoms. The molecule has 0 fully saturated rings. The molecule has 0 aliphatic heterocycles. The SMILES string of the molecule is CC/C=C\C/C=C\C/C=C\C/C=C\CCCCCCCCC(=O)OCC(COC(=O)CCCCCCCCCCCC)OC(=O)CCCCCCC/C=C\C/C=C\CCC. The number of ether oxygens (including phenoxy) is 3. The van der Waals surface area contributed by atoms with E-state index in [1.54, 1.807) is 0 Å². The number of allylic oxidation sites excluding steroid dienone is 12. The van der Waals surface area contributed by atoms with E-state index in [2.05, 4.69) is 93.7 Å². The molecule has 0 aliphatic rings. The van der Waals surface area contributed by atoms with Gasteiger partial charge in [-0.25, -0.2) is 0 Å². The average Bonchev–Trinajstić information content (AvgIpc) is 3.24. The maximum Gasteiger partial charge on any atom is 0.306 e. The maximum absolute atomic E-state index is 12.7. The van der Waals surface area contributed by atoms with Gasteiger partial charge >= 0.3 is 17.9 Å².